The number of aryl methyl sites for hydroxylation is 1. The lowest BCUT2D eigenvalue weighted by Crippen LogP contribution is -3.00. The van der Waals surface area contributed by atoms with Gasteiger partial charge in [0.05, 0.1) is 0 Å². The lowest BCUT2D eigenvalue weighted by molar-refractivity contribution is -0.00100. The van der Waals surface area contributed by atoms with Gasteiger partial charge in [-0.2, -0.15) is 0 Å². The first-order chi connectivity index (χ1) is 4.83. The van der Waals surface area contributed by atoms with Crippen LogP contribution >= 0.6 is 19.0 Å². The van der Waals surface area contributed by atoms with E-state index in [9.17, 15) is 4.57 Å². The third-order valence-corrected chi connectivity index (χ3v) is 2.58. The summed E-state index contributed by atoms with van der Waals surface area (Å²) in [6, 6.07) is 7.94. The highest BCUT2D eigenvalue weighted by Gasteiger charge is 1.90. The molecule has 0 aliphatic heterocycles. The average Bonchev–Trinajstić information content (AvgIpc) is 1.95. The lowest BCUT2D eigenvalue weighted by atomic mass is 10.2. The normalized spacial score (nSPS) is 8.42. The predicted molar refractivity (Wildman–Crippen MR) is 44.6 cm³/mol. The Morgan fingerprint density at radius 3 is 2.08 bits per heavy atom. The molecule has 0 atom stereocenters. The van der Waals surface area contributed by atoms with Crippen molar-refractivity contribution in [1.29, 1.82) is 0 Å². The molecule has 0 aliphatic carbocycles. The van der Waals surface area contributed by atoms with Gasteiger partial charge in [0.1, 0.15) is 0 Å². The molecule has 68 valence electrons. The minimum Gasteiger partial charge on any atom is -1.00 e. The van der Waals surface area contributed by atoms with Crippen molar-refractivity contribution in [3.63, 3.8) is 0 Å². The van der Waals surface area contributed by atoms with Gasteiger partial charge in [-0.15, -0.1) is 0 Å². The van der Waals surface area contributed by atoms with E-state index >= 15 is 0 Å². The summed E-state index contributed by atoms with van der Waals surface area (Å²) in [5.74, 6) is 0. The van der Waals surface area contributed by atoms with Crippen LogP contribution in [-0.4, -0.2) is 0 Å². The van der Waals surface area contributed by atoms with Crippen LogP contribution in [0.5, 0.6) is 0 Å². The van der Waals surface area contributed by atoms with Gasteiger partial charge in [0.25, 0.3) is 0 Å². The maximum Gasteiger partial charge on any atom is 0.232 e. The Hall–Kier alpha value is 0.250. The number of halogens is 2. The summed E-state index contributed by atoms with van der Waals surface area (Å²) in [6.07, 6.45) is 0. The van der Waals surface area contributed by atoms with Crippen molar-refractivity contribution in [1.82, 2.24) is 0 Å². The van der Waals surface area contributed by atoms with E-state index in [1.165, 1.54) is 16.9 Å². The zero-order valence-electron chi connectivity index (χ0n) is 6.33. The van der Waals surface area contributed by atoms with Crippen LogP contribution in [0.2, 0.25) is 0 Å². The molecule has 0 saturated carbocycles. The smallest absolute Gasteiger partial charge is 0.232 e. The van der Waals surface area contributed by atoms with Gasteiger partial charge in [0, 0.05) is 4.90 Å². The first kappa shape index (κ1) is 14.8. The van der Waals surface area contributed by atoms with Gasteiger partial charge in [-0.3, -0.25) is 4.57 Å². The summed E-state index contributed by atoms with van der Waals surface area (Å²) in [5.41, 5.74) is 1.23. The number of hydrogen-bond donors (Lipinski definition) is 0. The van der Waals surface area contributed by atoms with Crippen LogP contribution in [0.25, 0.3) is 0 Å². The quantitative estimate of drug-likeness (QED) is 0.524. The Bertz CT molecular complexity index is 227. The van der Waals surface area contributed by atoms with Gasteiger partial charge in [-0.25, -0.2) is 0 Å². The summed E-state index contributed by atoms with van der Waals surface area (Å²) in [4.78, 5) is 1.04. The number of benzene rings is 1. The summed E-state index contributed by atoms with van der Waals surface area (Å²) >= 11 is 1.30. The van der Waals surface area contributed by atoms with Gasteiger partial charge in [-0.05, 0) is 30.4 Å². The van der Waals surface area contributed by atoms with E-state index in [1.807, 2.05) is 31.2 Å². The molecule has 0 heterocycles. The molecule has 0 spiro atoms. The molecule has 1 aromatic carbocycles. The van der Waals surface area contributed by atoms with Gasteiger partial charge in [-0.1, -0.05) is 17.7 Å². The van der Waals surface area contributed by atoms with Gasteiger partial charge < -0.3 is 24.8 Å². The highest BCUT2D eigenvalue weighted by molar-refractivity contribution is 8.45. The molecule has 1 nitrogen and oxygen atoms in total. The highest BCUT2D eigenvalue weighted by Crippen LogP contribution is 2.28. The second-order valence-electron chi connectivity index (χ2n) is 1.98. The molecule has 1 aromatic rings. The fourth-order valence-corrected chi connectivity index (χ4v) is 1.61. The molecule has 0 N–H and O–H groups in total. The van der Waals surface area contributed by atoms with Crippen LogP contribution in [0.3, 0.4) is 0 Å². The van der Waals surface area contributed by atoms with E-state index in [-0.39, 0.29) is 32.5 Å². The Morgan fingerprint density at radius 2 is 1.67 bits per heavy atom. The van der Waals surface area contributed by atoms with Crippen molar-refractivity contribution in [2.24, 2.45) is 0 Å². The fourth-order valence-electron chi connectivity index (χ4n) is 0.642. The van der Waals surface area contributed by atoms with Crippen LogP contribution in [0.1, 0.15) is 5.56 Å². The SMILES string of the molecule is Cc1ccc(SP=O)cc1.[Cl-].[Cl-]. The minimum absolute atomic E-state index is 0. The van der Waals surface area contributed by atoms with E-state index in [2.05, 4.69) is 0 Å². The zero-order chi connectivity index (χ0) is 7.40. The van der Waals surface area contributed by atoms with E-state index in [4.69, 9.17) is 0 Å². The molecule has 0 radical (unpaired) electrons. The van der Waals surface area contributed by atoms with Crippen molar-refractivity contribution >= 4 is 19.0 Å². The molecule has 12 heavy (non-hydrogen) atoms. The van der Waals surface area contributed by atoms with E-state index in [0.717, 1.165) is 4.90 Å². The zero-order valence-corrected chi connectivity index (χ0v) is 9.55. The molecule has 1 rings (SSSR count). The summed E-state index contributed by atoms with van der Waals surface area (Å²) in [7, 11) is 0.113. The summed E-state index contributed by atoms with van der Waals surface area (Å²) in [5, 5.41) is 0. The second-order valence-corrected chi connectivity index (χ2v) is 3.78. The Morgan fingerprint density at radius 1 is 1.17 bits per heavy atom. The molecular weight excluding hydrogens is 234 g/mol. The topological polar surface area (TPSA) is 17.1 Å². The number of rotatable bonds is 2. The summed E-state index contributed by atoms with van der Waals surface area (Å²) < 4.78 is 10.1. The first-order valence-corrected chi connectivity index (χ1v) is 5.12. The van der Waals surface area contributed by atoms with E-state index < -0.39 is 0 Å². The highest BCUT2D eigenvalue weighted by atomic mass is 35.5. The maximum atomic E-state index is 10.1. The van der Waals surface area contributed by atoms with Crippen molar-refractivity contribution in [3.8, 4) is 0 Å². The molecule has 0 fully saturated rings. The second kappa shape index (κ2) is 7.88. The van der Waals surface area contributed by atoms with E-state index in [0.29, 0.717) is 0 Å². The Balaban J connectivity index is 0. The summed E-state index contributed by atoms with van der Waals surface area (Å²) in [6.45, 7) is 2.03. The van der Waals surface area contributed by atoms with Gasteiger partial charge in [0.15, 0.2) is 0 Å². The molecule has 5 heteroatoms. The van der Waals surface area contributed by atoms with Crippen molar-refractivity contribution < 1.29 is 29.4 Å². The van der Waals surface area contributed by atoms with Crippen molar-refractivity contribution in [2.45, 2.75) is 11.8 Å². The molecule has 0 unspecified atom stereocenters. The third-order valence-electron chi connectivity index (χ3n) is 1.16. The Labute approximate surface area is 90.1 Å². The standard InChI is InChI=1S/C7H7OPS.2ClH/c1-6-2-4-7(5-3-6)10-9-8;;/h2-5H,1H3;2*1H/p-2. The fraction of sp³-hybridized carbons (Fsp3) is 0.143. The molecule has 0 amide bonds. The van der Waals surface area contributed by atoms with Gasteiger partial charge in [0.2, 0.25) is 7.66 Å². The van der Waals surface area contributed by atoms with Crippen LogP contribution < -0.4 is 24.8 Å². The van der Waals surface area contributed by atoms with Gasteiger partial charge >= 0.3 is 0 Å². The molecule has 0 saturated heterocycles. The van der Waals surface area contributed by atoms with E-state index in [1.54, 1.807) is 0 Å². The molecule has 0 aliphatic rings. The van der Waals surface area contributed by atoms with Crippen LogP contribution in [0.15, 0.2) is 29.2 Å². The third kappa shape index (κ3) is 5.00. The number of hydrogen-bond acceptors (Lipinski definition) is 2. The minimum atomic E-state index is 0. The first-order valence-electron chi connectivity index (χ1n) is 2.89. The van der Waals surface area contributed by atoms with Crippen molar-refractivity contribution in [2.75, 3.05) is 0 Å². The monoisotopic (exact) mass is 240 g/mol. The molecular formula is C7H7Cl2OPS-2. The van der Waals surface area contributed by atoms with Crippen molar-refractivity contribution in [3.05, 3.63) is 29.8 Å². The van der Waals surface area contributed by atoms with Crippen LogP contribution in [0, 0.1) is 6.92 Å². The maximum absolute atomic E-state index is 10.1. The molecule has 0 bridgehead atoms. The average molecular weight is 241 g/mol. The Kier molecular flexibility index (Phi) is 9.69. The predicted octanol–water partition coefficient (Wildman–Crippen LogP) is -2.70. The molecule has 0 aromatic heterocycles. The van der Waals surface area contributed by atoms with Crippen LogP contribution in [-0.2, 0) is 4.57 Å². The largest absolute Gasteiger partial charge is 1.00 e. The van der Waals surface area contributed by atoms with Crippen LogP contribution in [0.4, 0.5) is 0 Å². The lowest BCUT2D eigenvalue weighted by Gasteiger charge is -1.92.